The van der Waals surface area contributed by atoms with Gasteiger partial charge in [0.2, 0.25) is 0 Å². The SMILES string of the molecule is CCc1nc2ccc(C(=O)N(C)c3ccc(O)cc3)cn2c1C. The zero-order chi connectivity index (χ0) is 16.6. The van der Waals surface area contributed by atoms with Crippen LogP contribution in [0.3, 0.4) is 0 Å². The Hall–Kier alpha value is -2.82. The van der Waals surface area contributed by atoms with Crippen LogP contribution in [0.1, 0.15) is 28.7 Å². The molecule has 5 heteroatoms. The molecule has 1 aromatic carbocycles. The molecule has 0 bridgehead atoms. The normalized spacial score (nSPS) is 10.9. The number of fused-ring (bicyclic) bond motifs is 1. The summed E-state index contributed by atoms with van der Waals surface area (Å²) in [7, 11) is 1.72. The zero-order valence-corrected chi connectivity index (χ0v) is 13.4. The van der Waals surface area contributed by atoms with Crippen LogP contribution >= 0.6 is 0 Å². The summed E-state index contributed by atoms with van der Waals surface area (Å²) in [5.41, 5.74) is 4.27. The second-order valence-electron chi connectivity index (χ2n) is 5.52. The Kier molecular flexibility index (Phi) is 3.78. The Morgan fingerprint density at radius 2 is 1.91 bits per heavy atom. The first-order valence-electron chi connectivity index (χ1n) is 7.56. The number of aromatic hydroxyl groups is 1. The molecule has 23 heavy (non-hydrogen) atoms. The zero-order valence-electron chi connectivity index (χ0n) is 13.4. The lowest BCUT2D eigenvalue weighted by Crippen LogP contribution is -2.26. The number of hydrogen-bond acceptors (Lipinski definition) is 3. The summed E-state index contributed by atoms with van der Waals surface area (Å²) in [6.45, 7) is 4.08. The number of amides is 1. The molecule has 2 aromatic heterocycles. The molecular weight excluding hydrogens is 290 g/mol. The number of aryl methyl sites for hydroxylation is 2. The smallest absolute Gasteiger partial charge is 0.259 e. The minimum absolute atomic E-state index is 0.108. The van der Waals surface area contributed by atoms with E-state index in [0.717, 1.165) is 29.1 Å². The van der Waals surface area contributed by atoms with E-state index in [-0.39, 0.29) is 11.7 Å². The molecule has 0 saturated carbocycles. The highest BCUT2D eigenvalue weighted by atomic mass is 16.3. The van der Waals surface area contributed by atoms with Gasteiger partial charge in [0.1, 0.15) is 11.4 Å². The van der Waals surface area contributed by atoms with E-state index in [1.807, 2.05) is 23.6 Å². The minimum Gasteiger partial charge on any atom is -0.508 e. The van der Waals surface area contributed by atoms with Crippen molar-refractivity contribution < 1.29 is 9.90 Å². The summed E-state index contributed by atoms with van der Waals surface area (Å²) in [5, 5.41) is 9.35. The molecule has 118 valence electrons. The summed E-state index contributed by atoms with van der Waals surface area (Å²) < 4.78 is 1.96. The highest BCUT2D eigenvalue weighted by Crippen LogP contribution is 2.20. The molecule has 3 aromatic rings. The molecule has 0 unspecified atom stereocenters. The van der Waals surface area contributed by atoms with Crippen LogP contribution in [0, 0.1) is 6.92 Å². The first kappa shape index (κ1) is 15.1. The van der Waals surface area contributed by atoms with Gasteiger partial charge in [-0.15, -0.1) is 0 Å². The molecule has 3 rings (SSSR count). The van der Waals surface area contributed by atoms with Gasteiger partial charge in [-0.25, -0.2) is 4.98 Å². The Morgan fingerprint density at radius 1 is 1.22 bits per heavy atom. The number of rotatable bonds is 3. The van der Waals surface area contributed by atoms with E-state index < -0.39 is 0 Å². The van der Waals surface area contributed by atoms with E-state index in [4.69, 9.17) is 0 Å². The average molecular weight is 309 g/mol. The quantitative estimate of drug-likeness (QED) is 0.808. The molecule has 1 amide bonds. The van der Waals surface area contributed by atoms with Crippen molar-refractivity contribution in [1.29, 1.82) is 0 Å². The highest BCUT2D eigenvalue weighted by Gasteiger charge is 2.15. The largest absolute Gasteiger partial charge is 0.508 e. The van der Waals surface area contributed by atoms with Gasteiger partial charge in [-0.1, -0.05) is 6.92 Å². The maximum Gasteiger partial charge on any atom is 0.259 e. The Labute approximate surface area is 134 Å². The number of hydrogen-bond donors (Lipinski definition) is 1. The third kappa shape index (κ3) is 2.65. The van der Waals surface area contributed by atoms with Crippen molar-refractivity contribution in [2.75, 3.05) is 11.9 Å². The fraction of sp³-hybridized carbons (Fsp3) is 0.222. The highest BCUT2D eigenvalue weighted by molar-refractivity contribution is 6.05. The van der Waals surface area contributed by atoms with E-state index in [1.54, 1.807) is 42.3 Å². The standard InChI is InChI=1S/C18H19N3O2/c1-4-16-12(2)21-11-13(5-10-17(21)19-16)18(23)20(3)14-6-8-15(22)9-7-14/h5-11,22H,4H2,1-3H3. The lowest BCUT2D eigenvalue weighted by molar-refractivity contribution is 0.0992. The van der Waals surface area contributed by atoms with Gasteiger partial charge in [0.05, 0.1) is 11.3 Å². The maximum atomic E-state index is 12.7. The van der Waals surface area contributed by atoms with Gasteiger partial charge in [-0.2, -0.15) is 0 Å². The molecule has 0 spiro atoms. The molecule has 0 radical (unpaired) electrons. The van der Waals surface area contributed by atoms with Gasteiger partial charge in [0.25, 0.3) is 5.91 Å². The molecule has 2 heterocycles. The van der Waals surface area contributed by atoms with Crippen molar-refractivity contribution in [2.45, 2.75) is 20.3 Å². The molecule has 5 nitrogen and oxygen atoms in total. The monoisotopic (exact) mass is 309 g/mol. The number of anilines is 1. The summed E-state index contributed by atoms with van der Waals surface area (Å²) in [6.07, 6.45) is 2.69. The average Bonchev–Trinajstić information content (AvgIpc) is 2.90. The van der Waals surface area contributed by atoms with Crippen LogP contribution in [-0.4, -0.2) is 27.4 Å². The van der Waals surface area contributed by atoms with Gasteiger partial charge >= 0.3 is 0 Å². The van der Waals surface area contributed by atoms with Crippen molar-refractivity contribution in [2.24, 2.45) is 0 Å². The maximum absolute atomic E-state index is 12.7. The van der Waals surface area contributed by atoms with Crippen LogP contribution in [0.15, 0.2) is 42.6 Å². The summed E-state index contributed by atoms with van der Waals surface area (Å²) in [5.74, 6) is 0.0703. The molecule has 0 saturated heterocycles. The number of pyridine rings is 1. The number of phenols is 1. The van der Waals surface area contributed by atoms with Crippen LogP contribution in [0.2, 0.25) is 0 Å². The van der Waals surface area contributed by atoms with Crippen molar-refractivity contribution in [3.63, 3.8) is 0 Å². The van der Waals surface area contributed by atoms with Gasteiger partial charge in [0.15, 0.2) is 0 Å². The molecule has 0 aliphatic rings. The summed E-state index contributed by atoms with van der Waals surface area (Å²) >= 11 is 0. The minimum atomic E-state index is -0.108. The van der Waals surface area contributed by atoms with Gasteiger partial charge in [-0.05, 0) is 49.7 Å². The van der Waals surface area contributed by atoms with E-state index in [0.29, 0.717) is 5.56 Å². The predicted molar refractivity (Wildman–Crippen MR) is 90.1 cm³/mol. The van der Waals surface area contributed by atoms with E-state index in [2.05, 4.69) is 11.9 Å². The first-order valence-corrected chi connectivity index (χ1v) is 7.56. The molecule has 1 N–H and O–H groups in total. The Bertz CT molecular complexity index is 866. The van der Waals surface area contributed by atoms with E-state index in [1.165, 1.54) is 0 Å². The molecule has 0 atom stereocenters. The molecular formula is C18H19N3O2. The number of carbonyl (C=O) groups excluding carboxylic acids is 1. The predicted octanol–water partition coefficient (Wildman–Crippen LogP) is 3.19. The van der Waals surface area contributed by atoms with Gasteiger partial charge in [-0.3, -0.25) is 4.79 Å². The third-order valence-electron chi connectivity index (χ3n) is 4.08. The lowest BCUT2D eigenvalue weighted by Gasteiger charge is -2.17. The number of aromatic nitrogens is 2. The second-order valence-corrected chi connectivity index (χ2v) is 5.52. The molecule has 0 fully saturated rings. The summed E-state index contributed by atoms with van der Waals surface area (Å²) in [6, 6.07) is 10.2. The fourth-order valence-electron chi connectivity index (χ4n) is 2.66. The van der Waals surface area contributed by atoms with E-state index in [9.17, 15) is 9.90 Å². The number of phenolic OH excluding ortho intramolecular Hbond substituents is 1. The van der Waals surface area contributed by atoms with Crippen LogP contribution in [0.4, 0.5) is 5.69 Å². The number of imidazole rings is 1. The van der Waals surface area contributed by atoms with Crippen molar-refractivity contribution >= 4 is 17.2 Å². The van der Waals surface area contributed by atoms with Crippen LogP contribution in [0.25, 0.3) is 5.65 Å². The second kappa shape index (κ2) is 5.76. The number of benzene rings is 1. The summed E-state index contributed by atoms with van der Waals surface area (Å²) in [4.78, 5) is 18.8. The van der Waals surface area contributed by atoms with E-state index >= 15 is 0 Å². The number of nitrogens with zero attached hydrogens (tertiary/aromatic N) is 3. The van der Waals surface area contributed by atoms with Gasteiger partial charge in [0, 0.05) is 24.6 Å². The Morgan fingerprint density at radius 3 is 2.57 bits per heavy atom. The van der Waals surface area contributed by atoms with Crippen LogP contribution < -0.4 is 4.90 Å². The fourth-order valence-corrected chi connectivity index (χ4v) is 2.66. The molecule has 0 aliphatic heterocycles. The Balaban J connectivity index is 1.97. The van der Waals surface area contributed by atoms with Crippen LogP contribution in [0.5, 0.6) is 5.75 Å². The lowest BCUT2D eigenvalue weighted by atomic mass is 10.2. The van der Waals surface area contributed by atoms with Gasteiger partial charge < -0.3 is 14.4 Å². The van der Waals surface area contributed by atoms with Crippen molar-refractivity contribution in [3.05, 3.63) is 59.5 Å². The number of carbonyl (C=O) groups is 1. The van der Waals surface area contributed by atoms with Crippen LogP contribution in [-0.2, 0) is 6.42 Å². The first-order chi connectivity index (χ1) is 11.0. The van der Waals surface area contributed by atoms with Crippen molar-refractivity contribution in [3.8, 4) is 5.75 Å². The third-order valence-corrected chi connectivity index (χ3v) is 4.08. The molecule has 0 aliphatic carbocycles. The topological polar surface area (TPSA) is 57.8 Å². The van der Waals surface area contributed by atoms with Crippen molar-refractivity contribution in [1.82, 2.24) is 9.38 Å².